The van der Waals surface area contributed by atoms with Crippen LogP contribution in [-0.2, 0) is 26.2 Å². The number of nitrogens with one attached hydrogen (secondary N) is 1. The first-order valence-corrected chi connectivity index (χ1v) is 16.5. The molecule has 0 unspecified atom stereocenters. The number of nitrogens with zero attached hydrogens (tertiary/aromatic N) is 2. The molecule has 3 aromatic rings. The van der Waals surface area contributed by atoms with E-state index in [0.717, 1.165) is 9.87 Å². The van der Waals surface area contributed by atoms with Gasteiger partial charge in [-0.15, -0.1) is 0 Å². The molecule has 0 aliphatic heterocycles. The van der Waals surface area contributed by atoms with E-state index >= 15 is 0 Å². The number of hydrogen-bond acceptors (Lipinski definition) is 5. The van der Waals surface area contributed by atoms with E-state index in [-0.39, 0.29) is 29.1 Å². The van der Waals surface area contributed by atoms with E-state index in [1.165, 1.54) is 17.0 Å². The Morgan fingerprint density at radius 3 is 2.21 bits per heavy atom. The number of aryl methyl sites for hydroxylation is 1. The van der Waals surface area contributed by atoms with Crippen molar-refractivity contribution in [3.05, 3.63) is 87.9 Å². The Labute approximate surface area is 265 Å². The molecular formula is C32H39Cl2N3O5S. The van der Waals surface area contributed by atoms with Crippen LogP contribution in [0.1, 0.15) is 51.7 Å². The highest BCUT2D eigenvalue weighted by atomic mass is 35.5. The number of carbonyl (C=O) groups excluding carboxylic acids is 2. The molecule has 3 aromatic carbocycles. The molecular weight excluding hydrogens is 609 g/mol. The average molecular weight is 649 g/mol. The lowest BCUT2D eigenvalue weighted by Crippen LogP contribution is -2.53. The number of carbonyl (C=O) groups is 2. The summed E-state index contributed by atoms with van der Waals surface area (Å²) in [4.78, 5) is 29.2. The van der Waals surface area contributed by atoms with Gasteiger partial charge in [-0.25, -0.2) is 8.42 Å². The molecule has 0 spiro atoms. The van der Waals surface area contributed by atoms with E-state index in [4.69, 9.17) is 27.9 Å². The molecule has 0 heterocycles. The lowest BCUT2D eigenvalue weighted by Gasteiger charge is -2.34. The van der Waals surface area contributed by atoms with Crippen LogP contribution in [0.4, 0.5) is 5.69 Å². The monoisotopic (exact) mass is 647 g/mol. The van der Waals surface area contributed by atoms with Gasteiger partial charge < -0.3 is 15.0 Å². The van der Waals surface area contributed by atoms with Crippen molar-refractivity contribution >= 4 is 50.7 Å². The third-order valence-electron chi connectivity index (χ3n) is 7.05. The Kier molecular flexibility index (Phi) is 12.3. The van der Waals surface area contributed by atoms with Crippen LogP contribution in [0.2, 0.25) is 10.0 Å². The number of para-hydroxylation sites is 2. The molecule has 0 aliphatic rings. The van der Waals surface area contributed by atoms with Crippen molar-refractivity contribution in [2.75, 3.05) is 17.5 Å². The second-order valence-electron chi connectivity index (χ2n) is 10.2. The Hall–Kier alpha value is -3.27. The zero-order valence-electron chi connectivity index (χ0n) is 25.1. The zero-order chi connectivity index (χ0) is 31.7. The van der Waals surface area contributed by atoms with Gasteiger partial charge in [0.25, 0.3) is 10.0 Å². The summed E-state index contributed by atoms with van der Waals surface area (Å²) in [6.45, 7) is 9.02. The number of rotatable bonds is 14. The summed E-state index contributed by atoms with van der Waals surface area (Å²) in [6.07, 6.45) is 1.01. The highest BCUT2D eigenvalue weighted by Gasteiger charge is 2.35. The number of hydrogen-bond donors (Lipinski definition) is 1. The molecule has 0 fully saturated rings. The maximum Gasteiger partial charge on any atom is 0.264 e. The van der Waals surface area contributed by atoms with Crippen LogP contribution in [-0.4, -0.2) is 50.4 Å². The maximum absolute atomic E-state index is 14.3. The molecule has 0 saturated heterocycles. The molecule has 0 aromatic heterocycles. The standard InChI is InChI=1S/C32H39Cl2N3O5S/c1-6-23(5)35-32(39)28(7-2)36(20-24-15-18-26(33)27(34)19-24)31(38)21-37(29-11-9-10-12-30(29)42-8-3)43(40,41)25-16-13-22(4)14-17-25/h9-19,23,28H,6-8,20-21H2,1-5H3,(H,35,39)/t23-,28-/m0/s1. The quantitative estimate of drug-likeness (QED) is 0.212. The van der Waals surface area contributed by atoms with Gasteiger partial charge in [0.1, 0.15) is 18.3 Å². The van der Waals surface area contributed by atoms with Crippen molar-refractivity contribution in [2.24, 2.45) is 0 Å². The van der Waals surface area contributed by atoms with Crippen LogP contribution in [0.15, 0.2) is 71.6 Å². The predicted octanol–water partition coefficient (Wildman–Crippen LogP) is 6.62. The minimum Gasteiger partial charge on any atom is -0.492 e. The molecule has 3 rings (SSSR count). The number of halogens is 2. The van der Waals surface area contributed by atoms with E-state index in [0.29, 0.717) is 40.8 Å². The van der Waals surface area contributed by atoms with E-state index in [1.54, 1.807) is 68.4 Å². The summed E-state index contributed by atoms with van der Waals surface area (Å²) in [5, 5.41) is 3.62. The summed E-state index contributed by atoms with van der Waals surface area (Å²) in [5.74, 6) is -0.585. The largest absolute Gasteiger partial charge is 0.492 e. The zero-order valence-corrected chi connectivity index (χ0v) is 27.5. The van der Waals surface area contributed by atoms with Gasteiger partial charge in [-0.05, 0) is 75.6 Å². The highest BCUT2D eigenvalue weighted by molar-refractivity contribution is 7.92. The summed E-state index contributed by atoms with van der Waals surface area (Å²) >= 11 is 12.4. The lowest BCUT2D eigenvalue weighted by molar-refractivity contribution is -0.140. The Balaban J connectivity index is 2.12. The van der Waals surface area contributed by atoms with Crippen LogP contribution >= 0.6 is 23.2 Å². The first kappa shape index (κ1) is 34.2. The fourth-order valence-corrected chi connectivity index (χ4v) is 6.23. The maximum atomic E-state index is 14.3. The molecule has 0 bridgehead atoms. The van der Waals surface area contributed by atoms with Gasteiger partial charge >= 0.3 is 0 Å². The number of ether oxygens (including phenoxy) is 1. The summed E-state index contributed by atoms with van der Waals surface area (Å²) < 4.78 is 35.1. The van der Waals surface area contributed by atoms with Gasteiger partial charge in [0.2, 0.25) is 11.8 Å². The molecule has 43 heavy (non-hydrogen) atoms. The van der Waals surface area contributed by atoms with Gasteiger partial charge in [0.15, 0.2) is 0 Å². The number of sulfonamides is 1. The molecule has 11 heteroatoms. The van der Waals surface area contributed by atoms with Crippen LogP contribution in [0, 0.1) is 6.92 Å². The van der Waals surface area contributed by atoms with Crippen LogP contribution in [0.25, 0.3) is 0 Å². The van der Waals surface area contributed by atoms with E-state index in [1.807, 2.05) is 20.8 Å². The summed E-state index contributed by atoms with van der Waals surface area (Å²) in [5.41, 5.74) is 1.74. The van der Waals surface area contributed by atoms with Gasteiger partial charge in [0, 0.05) is 12.6 Å². The van der Waals surface area contributed by atoms with E-state index in [9.17, 15) is 18.0 Å². The van der Waals surface area contributed by atoms with Crippen molar-refractivity contribution < 1.29 is 22.7 Å². The lowest BCUT2D eigenvalue weighted by atomic mass is 10.1. The fourth-order valence-electron chi connectivity index (χ4n) is 4.49. The normalized spacial score (nSPS) is 12.7. The van der Waals surface area contributed by atoms with Crippen LogP contribution in [0.3, 0.4) is 0 Å². The smallest absolute Gasteiger partial charge is 0.264 e. The van der Waals surface area contributed by atoms with Crippen molar-refractivity contribution in [1.29, 1.82) is 0 Å². The number of anilines is 1. The molecule has 1 N–H and O–H groups in total. The second kappa shape index (κ2) is 15.5. The van der Waals surface area contributed by atoms with Gasteiger partial charge in [-0.3, -0.25) is 13.9 Å². The van der Waals surface area contributed by atoms with E-state index in [2.05, 4.69) is 5.32 Å². The van der Waals surface area contributed by atoms with Crippen molar-refractivity contribution in [1.82, 2.24) is 10.2 Å². The summed E-state index contributed by atoms with van der Waals surface area (Å²) in [6, 6.07) is 17.1. The van der Waals surface area contributed by atoms with Crippen LogP contribution < -0.4 is 14.4 Å². The first-order chi connectivity index (χ1) is 20.4. The van der Waals surface area contributed by atoms with Gasteiger partial charge in [-0.2, -0.15) is 0 Å². The van der Waals surface area contributed by atoms with Gasteiger partial charge in [0.05, 0.1) is 27.2 Å². The highest BCUT2D eigenvalue weighted by Crippen LogP contribution is 2.33. The van der Waals surface area contributed by atoms with Crippen molar-refractivity contribution in [2.45, 2.75) is 71.0 Å². The number of amides is 2. The third-order valence-corrected chi connectivity index (χ3v) is 9.56. The molecule has 2 atom stereocenters. The van der Waals surface area contributed by atoms with Gasteiger partial charge in [-0.1, -0.05) is 72.9 Å². The fraction of sp³-hybridized carbons (Fsp3) is 0.375. The Morgan fingerprint density at radius 2 is 1.60 bits per heavy atom. The second-order valence-corrected chi connectivity index (χ2v) is 12.9. The molecule has 0 saturated carbocycles. The SMILES string of the molecule is CCOc1ccccc1N(CC(=O)N(Cc1ccc(Cl)c(Cl)c1)[C@@H](CC)C(=O)N[C@@H](C)CC)S(=O)(=O)c1ccc(C)cc1. The predicted molar refractivity (Wildman–Crippen MR) is 172 cm³/mol. The molecule has 0 aliphatic carbocycles. The molecule has 232 valence electrons. The molecule has 0 radical (unpaired) electrons. The topological polar surface area (TPSA) is 96.0 Å². The number of benzene rings is 3. The van der Waals surface area contributed by atoms with Crippen LogP contribution in [0.5, 0.6) is 5.75 Å². The van der Waals surface area contributed by atoms with E-state index < -0.39 is 28.5 Å². The minimum absolute atomic E-state index is 0.00762. The first-order valence-electron chi connectivity index (χ1n) is 14.3. The van der Waals surface area contributed by atoms with Crippen molar-refractivity contribution in [3.63, 3.8) is 0 Å². The minimum atomic E-state index is -4.23. The average Bonchev–Trinajstić information content (AvgIpc) is 2.98. The third kappa shape index (κ3) is 8.65. The van der Waals surface area contributed by atoms with Crippen molar-refractivity contribution in [3.8, 4) is 5.75 Å². The summed E-state index contributed by atoms with van der Waals surface area (Å²) in [7, 11) is -4.23. The molecule has 2 amide bonds. The Morgan fingerprint density at radius 1 is 0.930 bits per heavy atom. The molecule has 8 nitrogen and oxygen atoms in total. The Bertz CT molecular complexity index is 1520.